The van der Waals surface area contributed by atoms with Crippen LogP contribution in [0.4, 0.5) is 0 Å². The average Bonchev–Trinajstić information content (AvgIpc) is 2.87. The zero-order chi connectivity index (χ0) is 13.1. The fourth-order valence-corrected chi connectivity index (χ4v) is 3.64. The van der Waals surface area contributed by atoms with E-state index in [1.807, 2.05) is 6.07 Å². The van der Waals surface area contributed by atoms with Crippen LogP contribution in [0.15, 0.2) is 24.3 Å². The molecule has 1 heterocycles. The van der Waals surface area contributed by atoms with E-state index >= 15 is 0 Å². The summed E-state index contributed by atoms with van der Waals surface area (Å²) in [5, 5.41) is 3.77. The van der Waals surface area contributed by atoms with Crippen LogP contribution in [-0.4, -0.2) is 37.2 Å². The molecule has 19 heavy (non-hydrogen) atoms. The molecule has 0 amide bonds. The first kappa shape index (κ1) is 12.9. The van der Waals surface area contributed by atoms with Crippen LogP contribution in [-0.2, 0) is 6.54 Å². The molecule has 1 spiro atoms. The number of hydrogen-bond acceptors (Lipinski definition) is 3. The molecule has 1 N–H and O–H groups in total. The van der Waals surface area contributed by atoms with Crippen LogP contribution in [0.1, 0.15) is 31.2 Å². The summed E-state index contributed by atoms with van der Waals surface area (Å²) < 4.78 is 5.46. The maximum absolute atomic E-state index is 5.46. The van der Waals surface area contributed by atoms with Crippen molar-refractivity contribution < 1.29 is 4.74 Å². The van der Waals surface area contributed by atoms with Gasteiger partial charge in [-0.2, -0.15) is 0 Å². The molecule has 0 unspecified atom stereocenters. The first-order valence-corrected chi connectivity index (χ1v) is 7.41. The van der Waals surface area contributed by atoms with Crippen LogP contribution in [0.5, 0.6) is 5.75 Å². The molecule has 0 aromatic heterocycles. The van der Waals surface area contributed by atoms with Crippen LogP contribution in [0.25, 0.3) is 0 Å². The molecule has 104 valence electrons. The normalized spacial score (nSPS) is 22.8. The Morgan fingerprint density at radius 1 is 1.26 bits per heavy atom. The summed E-state index contributed by atoms with van der Waals surface area (Å²) in [5.41, 5.74) is 1.71. The second-order valence-electron chi connectivity index (χ2n) is 5.94. The summed E-state index contributed by atoms with van der Waals surface area (Å²) in [5.74, 6) is 1.02. The highest BCUT2D eigenvalue weighted by Gasteiger charge is 2.37. The van der Waals surface area contributed by atoms with Crippen molar-refractivity contribution in [2.75, 3.05) is 26.7 Å². The van der Waals surface area contributed by atoms with E-state index in [-0.39, 0.29) is 0 Å². The Labute approximate surface area is 115 Å². The molecule has 1 aliphatic carbocycles. The van der Waals surface area contributed by atoms with Gasteiger partial charge in [0.25, 0.3) is 0 Å². The summed E-state index contributed by atoms with van der Waals surface area (Å²) in [7, 11) is 1.76. The minimum absolute atomic E-state index is 0.403. The zero-order valence-corrected chi connectivity index (χ0v) is 11.8. The molecule has 1 aliphatic heterocycles. The second kappa shape index (κ2) is 5.51. The van der Waals surface area contributed by atoms with Gasteiger partial charge in [0.1, 0.15) is 5.75 Å². The number of hydrogen-bond donors (Lipinski definition) is 1. The molecule has 0 bridgehead atoms. The second-order valence-corrected chi connectivity index (χ2v) is 5.94. The predicted octanol–water partition coefficient (Wildman–Crippen LogP) is 2.41. The maximum Gasteiger partial charge on any atom is 0.123 e. The van der Waals surface area contributed by atoms with Crippen molar-refractivity contribution in [3.05, 3.63) is 29.8 Å². The van der Waals surface area contributed by atoms with Gasteiger partial charge < -0.3 is 10.1 Å². The van der Waals surface area contributed by atoms with Gasteiger partial charge in [0.15, 0.2) is 0 Å². The lowest BCUT2D eigenvalue weighted by molar-refractivity contribution is 0.128. The highest BCUT2D eigenvalue weighted by molar-refractivity contribution is 5.33. The third-order valence-corrected chi connectivity index (χ3v) is 4.60. The molecule has 3 nitrogen and oxygen atoms in total. The number of para-hydroxylation sites is 1. The van der Waals surface area contributed by atoms with E-state index in [0.717, 1.165) is 25.4 Å². The number of benzene rings is 1. The Morgan fingerprint density at radius 2 is 2.05 bits per heavy atom. The molecule has 0 radical (unpaired) electrons. The van der Waals surface area contributed by atoms with Crippen molar-refractivity contribution in [1.82, 2.24) is 10.2 Å². The SMILES string of the molecule is COc1ccccc1CN1CCNC2(CCCC2)C1. The largest absolute Gasteiger partial charge is 0.496 e. The first-order chi connectivity index (χ1) is 9.31. The Hall–Kier alpha value is -1.06. The van der Waals surface area contributed by atoms with E-state index in [1.165, 1.54) is 37.8 Å². The Kier molecular flexibility index (Phi) is 3.76. The van der Waals surface area contributed by atoms with E-state index in [4.69, 9.17) is 4.74 Å². The molecule has 2 aliphatic rings. The Morgan fingerprint density at radius 3 is 2.84 bits per heavy atom. The topological polar surface area (TPSA) is 24.5 Å². The van der Waals surface area contributed by atoms with Crippen LogP contribution < -0.4 is 10.1 Å². The summed E-state index contributed by atoms with van der Waals surface area (Å²) in [4.78, 5) is 2.58. The maximum atomic E-state index is 5.46. The summed E-state index contributed by atoms with van der Waals surface area (Å²) in [6.07, 6.45) is 5.45. The van der Waals surface area contributed by atoms with Gasteiger partial charge in [-0.15, -0.1) is 0 Å². The summed E-state index contributed by atoms with van der Waals surface area (Å²) >= 11 is 0. The number of ether oxygens (including phenoxy) is 1. The lowest BCUT2D eigenvalue weighted by Crippen LogP contribution is -2.58. The average molecular weight is 260 g/mol. The predicted molar refractivity (Wildman–Crippen MR) is 77.5 cm³/mol. The summed E-state index contributed by atoms with van der Waals surface area (Å²) in [6, 6.07) is 8.38. The third-order valence-electron chi connectivity index (χ3n) is 4.60. The van der Waals surface area contributed by atoms with Gasteiger partial charge in [-0.1, -0.05) is 31.0 Å². The number of piperazine rings is 1. The van der Waals surface area contributed by atoms with Crippen molar-refractivity contribution in [2.45, 2.75) is 37.8 Å². The van der Waals surface area contributed by atoms with Crippen molar-refractivity contribution >= 4 is 0 Å². The quantitative estimate of drug-likeness (QED) is 0.903. The minimum Gasteiger partial charge on any atom is -0.496 e. The summed E-state index contributed by atoms with van der Waals surface area (Å²) in [6.45, 7) is 4.45. The molecule has 1 aromatic carbocycles. The molecule has 0 atom stereocenters. The van der Waals surface area contributed by atoms with E-state index in [1.54, 1.807) is 7.11 Å². The van der Waals surface area contributed by atoms with Gasteiger partial charge >= 0.3 is 0 Å². The molecule has 3 rings (SSSR count). The standard InChI is InChI=1S/C16H24N2O/c1-19-15-7-3-2-6-14(15)12-18-11-10-17-16(13-18)8-4-5-9-16/h2-3,6-7,17H,4-5,8-13H2,1H3. The third kappa shape index (κ3) is 2.77. The van der Waals surface area contributed by atoms with Crippen LogP contribution >= 0.6 is 0 Å². The van der Waals surface area contributed by atoms with E-state index in [2.05, 4.69) is 28.4 Å². The zero-order valence-electron chi connectivity index (χ0n) is 11.8. The number of nitrogens with one attached hydrogen (secondary N) is 1. The van der Waals surface area contributed by atoms with Crippen LogP contribution in [0.3, 0.4) is 0 Å². The van der Waals surface area contributed by atoms with Crippen molar-refractivity contribution in [1.29, 1.82) is 0 Å². The fraction of sp³-hybridized carbons (Fsp3) is 0.625. The number of methoxy groups -OCH3 is 1. The fourth-order valence-electron chi connectivity index (χ4n) is 3.64. The number of rotatable bonds is 3. The molecular weight excluding hydrogens is 236 g/mol. The Bertz CT molecular complexity index is 427. The van der Waals surface area contributed by atoms with E-state index in [0.29, 0.717) is 5.54 Å². The van der Waals surface area contributed by atoms with Crippen LogP contribution in [0.2, 0.25) is 0 Å². The lowest BCUT2D eigenvalue weighted by atomic mass is 9.94. The molecule has 3 heteroatoms. The van der Waals surface area contributed by atoms with Crippen LogP contribution in [0, 0.1) is 0 Å². The van der Waals surface area contributed by atoms with Crippen molar-refractivity contribution in [2.24, 2.45) is 0 Å². The van der Waals surface area contributed by atoms with Gasteiger partial charge in [-0.25, -0.2) is 0 Å². The smallest absolute Gasteiger partial charge is 0.123 e. The monoisotopic (exact) mass is 260 g/mol. The molecular formula is C16H24N2O. The first-order valence-electron chi connectivity index (χ1n) is 7.41. The van der Waals surface area contributed by atoms with Gasteiger partial charge in [-0.05, 0) is 18.9 Å². The van der Waals surface area contributed by atoms with E-state index < -0.39 is 0 Å². The highest BCUT2D eigenvalue weighted by Crippen LogP contribution is 2.32. The minimum atomic E-state index is 0.403. The molecule has 1 saturated heterocycles. The van der Waals surface area contributed by atoms with Crippen molar-refractivity contribution in [3.8, 4) is 5.75 Å². The Balaban J connectivity index is 1.69. The lowest BCUT2D eigenvalue weighted by Gasteiger charge is -2.41. The highest BCUT2D eigenvalue weighted by atomic mass is 16.5. The molecule has 1 aromatic rings. The van der Waals surface area contributed by atoms with Gasteiger partial charge in [0, 0.05) is 37.3 Å². The van der Waals surface area contributed by atoms with Gasteiger partial charge in [0.2, 0.25) is 0 Å². The van der Waals surface area contributed by atoms with Gasteiger partial charge in [0.05, 0.1) is 7.11 Å². The van der Waals surface area contributed by atoms with E-state index in [9.17, 15) is 0 Å². The number of nitrogens with zero attached hydrogens (tertiary/aromatic N) is 1. The van der Waals surface area contributed by atoms with Crippen molar-refractivity contribution in [3.63, 3.8) is 0 Å². The molecule has 1 saturated carbocycles. The van der Waals surface area contributed by atoms with Gasteiger partial charge in [-0.3, -0.25) is 4.90 Å². The molecule has 2 fully saturated rings.